The molecule has 1 aromatic rings. The van der Waals surface area contributed by atoms with Gasteiger partial charge in [-0.1, -0.05) is 26.2 Å². The molecule has 0 aromatic carbocycles. The highest BCUT2D eigenvalue weighted by Crippen LogP contribution is 2.34. The van der Waals surface area contributed by atoms with Crippen molar-refractivity contribution in [2.75, 3.05) is 5.32 Å². The van der Waals surface area contributed by atoms with Crippen molar-refractivity contribution in [2.24, 2.45) is 11.7 Å². The zero-order valence-electron chi connectivity index (χ0n) is 12.1. The van der Waals surface area contributed by atoms with Crippen LogP contribution in [0.4, 0.5) is 5.00 Å². The molecule has 1 aromatic heterocycles. The van der Waals surface area contributed by atoms with Gasteiger partial charge in [-0.05, 0) is 31.7 Å². The molecule has 0 bridgehead atoms. The first-order valence-corrected chi connectivity index (χ1v) is 8.09. The van der Waals surface area contributed by atoms with E-state index in [1.165, 1.54) is 17.8 Å². The van der Waals surface area contributed by atoms with Gasteiger partial charge in [-0.3, -0.25) is 9.59 Å². The Morgan fingerprint density at radius 1 is 1.30 bits per heavy atom. The summed E-state index contributed by atoms with van der Waals surface area (Å²) in [6.45, 7) is 3.96. The molecule has 1 fully saturated rings. The number of rotatable bonds is 4. The van der Waals surface area contributed by atoms with Gasteiger partial charge in [0.25, 0.3) is 5.91 Å². The molecule has 1 saturated carbocycles. The Kier molecular flexibility index (Phi) is 4.81. The Morgan fingerprint density at radius 2 is 1.95 bits per heavy atom. The summed E-state index contributed by atoms with van der Waals surface area (Å²) in [7, 11) is 0. The van der Waals surface area contributed by atoms with Crippen LogP contribution in [-0.4, -0.2) is 11.8 Å². The average molecular weight is 294 g/mol. The number of nitrogens with two attached hydrogens (primary N) is 1. The standard InChI is InChI=1S/C15H22N2O2S/c1-3-11-9(2)20-15(12(11)13(16)18)17-14(19)10-7-5-4-6-8-10/h10H,3-8H2,1-2H3,(H2,16,18)(H,17,19). The van der Waals surface area contributed by atoms with Crippen molar-refractivity contribution in [3.05, 3.63) is 16.0 Å². The van der Waals surface area contributed by atoms with Crippen LogP contribution < -0.4 is 11.1 Å². The molecule has 2 amide bonds. The number of primary amides is 1. The van der Waals surface area contributed by atoms with Crippen molar-refractivity contribution in [2.45, 2.75) is 52.4 Å². The van der Waals surface area contributed by atoms with Gasteiger partial charge in [0.15, 0.2) is 0 Å². The smallest absolute Gasteiger partial charge is 0.251 e. The molecule has 2 rings (SSSR count). The predicted molar refractivity (Wildman–Crippen MR) is 82.2 cm³/mol. The Bertz CT molecular complexity index is 516. The van der Waals surface area contributed by atoms with Gasteiger partial charge in [-0.25, -0.2) is 0 Å². The lowest BCUT2D eigenvalue weighted by Crippen LogP contribution is -2.25. The van der Waals surface area contributed by atoms with E-state index in [0.29, 0.717) is 10.6 Å². The number of hydrogen-bond donors (Lipinski definition) is 2. The molecular weight excluding hydrogens is 272 g/mol. The number of hydrogen-bond acceptors (Lipinski definition) is 3. The first-order chi connectivity index (χ1) is 9.54. The summed E-state index contributed by atoms with van der Waals surface area (Å²) in [5.41, 5.74) is 6.93. The third-order valence-electron chi connectivity index (χ3n) is 4.02. The van der Waals surface area contributed by atoms with Crippen LogP contribution in [0.5, 0.6) is 0 Å². The summed E-state index contributed by atoms with van der Waals surface area (Å²) in [6, 6.07) is 0. The van der Waals surface area contributed by atoms with E-state index in [1.54, 1.807) is 0 Å². The maximum atomic E-state index is 12.3. The molecule has 5 heteroatoms. The van der Waals surface area contributed by atoms with Gasteiger partial charge in [0.1, 0.15) is 5.00 Å². The third-order valence-corrected chi connectivity index (χ3v) is 5.08. The lowest BCUT2D eigenvalue weighted by Gasteiger charge is -2.20. The molecule has 0 spiro atoms. The van der Waals surface area contributed by atoms with Gasteiger partial charge < -0.3 is 11.1 Å². The lowest BCUT2D eigenvalue weighted by atomic mass is 9.89. The van der Waals surface area contributed by atoms with Gasteiger partial charge in [0.05, 0.1) is 5.56 Å². The zero-order valence-corrected chi connectivity index (χ0v) is 12.9. The highest BCUT2D eigenvalue weighted by molar-refractivity contribution is 7.16. The second kappa shape index (κ2) is 6.39. The highest BCUT2D eigenvalue weighted by atomic mass is 32.1. The van der Waals surface area contributed by atoms with E-state index in [1.807, 2.05) is 13.8 Å². The number of carbonyl (C=O) groups excluding carboxylic acids is 2. The Morgan fingerprint density at radius 3 is 2.50 bits per heavy atom. The minimum Gasteiger partial charge on any atom is -0.365 e. The van der Waals surface area contributed by atoms with E-state index in [2.05, 4.69) is 5.32 Å². The molecule has 0 atom stereocenters. The second-order valence-electron chi connectivity index (χ2n) is 5.38. The number of nitrogens with one attached hydrogen (secondary N) is 1. The molecule has 0 aliphatic heterocycles. The Balaban J connectivity index is 2.20. The van der Waals surface area contributed by atoms with Crippen LogP contribution in [0.25, 0.3) is 0 Å². The fourth-order valence-electron chi connectivity index (χ4n) is 2.93. The van der Waals surface area contributed by atoms with Gasteiger partial charge in [0, 0.05) is 10.8 Å². The first-order valence-electron chi connectivity index (χ1n) is 7.27. The molecule has 0 radical (unpaired) electrons. The van der Waals surface area contributed by atoms with E-state index in [9.17, 15) is 9.59 Å². The molecule has 1 heterocycles. The van der Waals surface area contributed by atoms with Crippen LogP contribution >= 0.6 is 11.3 Å². The Labute approximate surface area is 123 Å². The van der Waals surface area contributed by atoms with E-state index in [-0.39, 0.29) is 11.8 Å². The van der Waals surface area contributed by atoms with Crippen molar-refractivity contribution in [3.63, 3.8) is 0 Å². The summed E-state index contributed by atoms with van der Waals surface area (Å²) in [5, 5.41) is 3.56. The summed E-state index contributed by atoms with van der Waals surface area (Å²) < 4.78 is 0. The van der Waals surface area contributed by atoms with Crippen molar-refractivity contribution in [1.82, 2.24) is 0 Å². The molecule has 110 valence electrons. The zero-order chi connectivity index (χ0) is 14.7. The van der Waals surface area contributed by atoms with Crippen LogP contribution in [0, 0.1) is 12.8 Å². The third kappa shape index (κ3) is 3.03. The SMILES string of the molecule is CCc1c(C)sc(NC(=O)C2CCCCC2)c1C(N)=O. The number of anilines is 1. The second-order valence-corrected chi connectivity index (χ2v) is 6.61. The van der Waals surface area contributed by atoms with E-state index in [0.717, 1.165) is 42.5 Å². The van der Waals surface area contributed by atoms with Crippen molar-refractivity contribution in [3.8, 4) is 0 Å². The fourth-order valence-corrected chi connectivity index (χ4v) is 4.09. The summed E-state index contributed by atoms with van der Waals surface area (Å²) >= 11 is 1.45. The van der Waals surface area contributed by atoms with Crippen molar-refractivity contribution in [1.29, 1.82) is 0 Å². The van der Waals surface area contributed by atoms with E-state index < -0.39 is 5.91 Å². The maximum absolute atomic E-state index is 12.3. The van der Waals surface area contributed by atoms with Crippen LogP contribution in [0.2, 0.25) is 0 Å². The van der Waals surface area contributed by atoms with Crippen LogP contribution in [0.1, 0.15) is 59.8 Å². The molecule has 4 nitrogen and oxygen atoms in total. The molecule has 20 heavy (non-hydrogen) atoms. The van der Waals surface area contributed by atoms with E-state index in [4.69, 9.17) is 5.73 Å². The fraction of sp³-hybridized carbons (Fsp3) is 0.600. The van der Waals surface area contributed by atoms with Gasteiger partial charge >= 0.3 is 0 Å². The summed E-state index contributed by atoms with van der Waals surface area (Å²) in [4.78, 5) is 25.0. The topological polar surface area (TPSA) is 72.2 Å². The van der Waals surface area contributed by atoms with Crippen LogP contribution in [0.15, 0.2) is 0 Å². The molecular formula is C15H22N2O2S. The Hall–Kier alpha value is -1.36. The number of thiophene rings is 1. The monoisotopic (exact) mass is 294 g/mol. The van der Waals surface area contributed by atoms with Crippen molar-refractivity contribution < 1.29 is 9.59 Å². The largest absolute Gasteiger partial charge is 0.365 e. The number of carbonyl (C=O) groups is 2. The average Bonchev–Trinajstić information content (AvgIpc) is 2.75. The summed E-state index contributed by atoms with van der Waals surface area (Å²) in [6.07, 6.45) is 6.09. The lowest BCUT2D eigenvalue weighted by molar-refractivity contribution is -0.120. The maximum Gasteiger partial charge on any atom is 0.251 e. The van der Waals surface area contributed by atoms with E-state index >= 15 is 0 Å². The molecule has 0 saturated heterocycles. The first kappa shape index (κ1) is 15.0. The van der Waals surface area contributed by atoms with Gasteiger partial charge in [-0.2, -0.15) is 0 Å². The molecule has 1 aliphatic rings. The van der Waals surface area contributed by atoms with Gasteiger partial charge in [0.2, 0.25) is 5.91 Å². The highest BCUT2D eigenvalue weighted by Gasteiger charge is 2.25. The van der Waals surface area contributed by atoms with Crippen molar-refractivity contribution >= 4 is 28.2 Å². The molecule has 1 aliphatic carbocycles. The van der Waals surface area contributed by atoms with Crippen LogP contribution in [0.3, 0.4) is 0 Å². The normalized spacial score (nSPS) is 16.1. The molecule has 0 unspecified atom stereocenters. The minimum atomic E-state index is -0.454. The van der Waals surface area contributed by atoms with Crippen LogP contribution in [-0.2, 0) is 11.2 Å². The molecule has 3 N–H and O–H groups in total. The minimum absolute atomic E-state index is 0.0381. The van der Waals surface area contributed by atoms with Gasteiger partial charge in [-0.15, -0.1) is 11.3 Å². The quantitative estimate of drug-likeness (QED) is 0.894. The number of aryl methyl sites for hydroxylation is 1. The summed E-state index contributed by atoms with van der Waals surface area (Å²) in [5.74, 6) is -0.335. The predicted octanol–water partition coefficient (Wildman–Crippen LogP) is 3.24. The number of amides is 2.